The molecule has 0 saturated carbocycles. The number of ether oxygens (including phenoxy) is 1. The van der Waals surface area contributed by atoms with E-state index in [1.807, 2.05) is 6.07 Å². The number of benzene rings is 2. The summed E-state index contributed by atoms with van der Waals surface area (Å²) in [7, 11) is -2.75. The Kier molecular flexibility index (Phi) is 5.22. The maximum atomic E-state index is 14.0. The van der Waals surface area contributed by atoms with Crippen LogP contribution in [0.1, 0.15) is 28.4 Å². The summed E-state index contributed by atoms with van der Waals surface area (Å²) in [6.45, 7) is 0. The summed E-state index contributed by atoms with van der Waals surface area (Å²) >= 11 is 1.45. The second kappa shape index (κ2) is 7.26. The standard InChI is InChI=1S/C17H17FN2O4S2/c1-24-17(21)12-9-10(26(19,22)23)5-6-14(12)20-15-7-8-25-16-11(15)3-2-4-13(16)18/h2-6,9,15,20H,7-8H2,1H3,(H2,19,22,23). The van der Waals surface area contributed by atoms with Gasteiger partial charge in [-0.3, -0.25) is 0 Å². The number of esters is 1. The first-order valence-corrected chi connectivity index (χ1v) is 10.3. The van der Waals surface area contributed by atoms with Crippen LogP contribution in [0.2, 0.25) is 0 Å². The molecule has 0 aromatic heterocycles. The van der Waals surface area contributed by atoms with Gasteiger partial charge in [0, 0.05) is 16.3 Å². The Morgan fingerprint density at radius 3 is 2.81 bits per heavy atom. The van der Waals surface area contributed by atoms with E-state index in [1.165, 1.54) is 43.1 Å². The van der Waals surface area contributed by atoms with Gasteiger partial charge in [0.2, 0.25) is 10.0 Å². The number of halogens is 1. The molecule has 138 valence electrons. The van der Waals surface area contributed by atoms with Crippen molar-refractivity contribution in [3.63, 3.8) is 0 Å². The monoisotopic (exact) mass is 396 g/mol. The number of hydrogen-bond donors (Lipinski definition) is 2. The maximum Gasteiger partial charge on any atom is 0.340 e. The normalized spacial score (nSPS) is 16.7. The van der Waals surface area contributed by atoms with Crippen LogP contribution in [0.3, 0.4) is 0 Å². The van der Waals surface area contributed by atoms with Crippen molar-refractivity contribution < 1.29 is 22.3 Å². The number of methoxy groups -OCH3 is 1. The average Bonchev–Trinajstić information content (AvgIpc) is 2.61. The average molecular weight is 396 g/mol. The van der Waals surface area contributed by atoms with Gasteiger partial charge in [0.05, 0.1) is 23.6 Å². The van der Waals surface area contributed by atoms with Crippen molar-refractivity contribution in [3.8, 4) is 0 Å². The molecule has 26 heavy (non-hydrogen) atoms. The van der Waals surface area contributed by atoms with Crippen LogP contribution in [-0.2, 0) is 14.8 Å². The largest absolute Gasteiger partial charge is 0.465 e. The van der Waals surface area contributed by atoms with Gasteiger partial charge in [-0.15, -0.1) is 11.8 Å². The van der Waals surface area contributed by atoms with Crippen molar-refractivity contribution in [3.05, 3.63) is 53.3 Å². The Morgan fingerprint density at radius 1 is 1.35 bits per heavy atom. The quantitative estimate of drug-likeness (QED) is 0.771. The molecule has 0 fully saturated rings. The third-order valence-corrected chi connectivity index (χ3v) is 6.15. The van der Waals surface area contributed by atoms with Crippen molar-refractivity contribution >= 4 is 33.4 Å². The number of thioether (sulfide) groups is 1. The minimum absolute atomic E-state index is 0.0511. The number of primary sulfonamides is 1. The summed E-state index contributed by atoms with van der Waals surface area (Å²) in [5.41, 5.74) is 1.25. The second-order valence-electron chi connectivity index (χ2n) is 5.74. The van der Waals surface area contributed by atoms with Crippen LogP contribution < -0.4 is 10.5 Å². The zero-order chi connectivity index (χ0) is 18.9. The molecular formula is C17H17FN2O4S2. The predicted molar refractivity (Wildman–Crippen MR) is 97.3 cm³/mol. The molecule has 0 aliphatic carbocycles. The fourth-order valence-corrected chi connectivity index (χ4v) is 4.51. The highest BCUT2D eigenvalue weighted by molar-refractivity contribution is 7.99. The fraction of sp³-hybridized carbons (Fsp3) is 0.235. The maximum absolute atomic E-state index is 14.0. The van der Waals surface area contributed by atoms with E-state index in [0.717, 1.165) is 12.0 Å². The summed E-state index contributed by atoms with van der Waals surface area (Å²) in [5, 5.41) is 8.35. The minimum atomic E-state index is -3.96. The van der Waals surface area contributed by atoms with E-state index in [9.17, 15) is 17.6 Å². The van der Waals surface area contributed by atoms with Gasteiger partial charge < -0.3 is 10.1 Å². The Labute approximate surface area is 155 Å². The first-order valence-electron chi connectivity index (χ1n) is 7.74. The van der Waals surface area contributed by atoms with E-state index >= 15 is 0 Å². The van der Waals surface area contributed by atoms with Crippen molar-refractivity contribution in [2.24, 2.45) is 5.14 Å². The number of fused-ring (bicyclic) bond motifs is 1. The van der Waals surface area contributed by atoms with Crippen LogP contribution in [0.5, 0.6) is 0 Å². The smallest absolute Gasteiger partial charge is 0.340 e. The van der Waals surface area contributed by atoms with E-state index in [2.05, 4.69) is 5.32 Å². The molecule has 0 spiro atoms. The molecule has 0 saturated heterocycles. The molecule has 3 rings (SSSR count). The van der Waals surface area contributed by atoms with Crippen molar-refractivity contribution in [2.75, 3.05) is 18.2 Å². The molecule has 0 amide bonds. The lowest BCUT2D eigenvalue weighted by Crippen LogP contribution is -2.19. The summed E-state index contributed by atoms with van der Waals surface area (Å²) < 4.78 is 41.9. The molecule has 2 aromatic carbocycles. The van der Waals surface area contributed by atoms with Crippen LogP contribution in [0.4, 0.5) is 10.1 Å². The Hall–Kier alpha value is -2.10. The van der Waals surface area contributed by atoms with E-state index < -0.39 is 16.0 Å². The topological polar surface area (TPSA) is 98.5 Å². The first-order chi connectivity index (χ1) is 12.3. The van der Waals surface area contributed by atoms with Gasteiger partial charge in [-0.25, -0.2) is 22.7 Å². The van der Waals surface area contributed by atoms with Gasteiger partial charge in [-0.1, -0.05) is 12.1 Å². The lowest BCUT2D eigenvalue weighted by Gasteiger charge is -2.27. The van der Waals surface area contributed by atoms with Gasteiger partial charge >= 0.3 is 5.97 Å². The van der Waals surface area contributed by atoms with Crippen LogP contribution in [0.25, 0.3) is 0 Å². The highest BCUT2D eigenvalue weighted by atomic mass is 32.2. The minimum Gasteiger partial charge on any atom is -0.465 e. The molecule has 2 aromatic rings. The van der Waals surface area contributed by atoms with E-state index in [0.29, 0.717) is 16.3 Å². The number of sulfonamides is 1. The number of rotatable bonds is 4. The van der Waals surface area contributed by atoms with E-state index in [-0.39, 0.29) is 22.3 Å². The molecule has 0 radical (unpaired) electrons. The predicted octanol–water partition coefficient (Wildman–Crippen LogP) is 2.91. The molecule has 3 N–H and O–H groups in total. The van der Waals surface area contributed by atoms with Gasteiger partial charge in [0.25, 0.3) is 0 Å². The van der Waals surface area contributed by atoms with Crippen LogP contribution in [-0.4, -0.2) is 27.2 Å². The van der Waals surface area contributed by atoms with Crippen LogP contribution in [0, 0.1) is 5.82 Å². The first kappa shape index (κ1) is 18.7. The lowest BCUT2D eigenvalue weighted by atomic mass is 10.0. The molecule has 1 aliphatic rings. The molecule has 0 bridgehead atoms. The number of carbonyl (C=O) groups excluding carboxylic acids is 1. The molecular weight excluding hydrogens is 379 g/mol. The molecule has 6 nitrogen and oxygen atoms in total. The van der Waals surface area contributed by atoms with Crippen LogP contribution in [0.15, 0.2) is 46.2 Å². The zero-order valence-electron chi connectivity index (χ0n) is 13.9. The van der Waals surface area contributed by atoms with Crippen molar-refractivity contribution in [2.45, 2.75) is 22.3 Å². The number of anilines is 1. The molecule has 9 heteroatoms. The second-order valence-corrected chi connectivity index (χ2v) is 8.40. The van der Waals surface area contributed by atoms with Crippen LogP contribution >= 0.6 is 11.8 Å². The number of nitrogens with two attached hydrogens (primary N) is 1. The third-order valence-electron chi connectivity index (χ3n) is 4.08. The van der Waals surface area contributed by atoms with Crippen molar-refractivity contribution in [1.29, 1.82) is 0 Å². The third kappa shape index (κ3) is 3.69. The SMILES string of the molecule is COC(=O)c1cc(S(N)(=O)=O)ccc1NC1CCSc2c(F)cccc21. The van der Waals surface area contributed by atoms with Gasteiger partial charge in [-0.05, 0) is 36.2 Å². The summed E-state index contributed by atoms with van der Waals surface area (Å²) in [4.78, 5) is 12.5. The Morgan fingerprint density at radius 2 is 2.12 bits per heavy atom. The van der Waals surface area contributed by atoms with E-state index in [4.69, 9.17) is 9.88 Å². The fourth-order valence-electron chi connectivity index (χ4n) is 2.83. The number of carbonyl (C=O) groups is 1. The summed E-state index contributed by atoms with van der Waals surface area (Å²) in [6, 6.07) is 8.62. The molecule has 1 unspecified atom stereocenters. The Bertz CT molecular complexity index is 963. The summed E-state index contributed by atoms with van der Waals surface area (Å²) in [6.07, 6.45) is 0.721. The highest BCUT2D eigenvalue weighted by Crippen LogP contribution is 2.40. The zero-order valence-corrected chi connectivity index (χ0v) is 15.5. The van der Waals surface area contributed by atoms with Gasteiger partial charge in [0.15, 0.2) is 0 Å². The summed E-state index contributed by atoms with van der Waals surface area (Å²) in [5.74, 6) is -0.256. The van der Waals surface area contributed by atoms with Crippen molar-refractivity contribution in [1.82, 2.24) is 0 Å². The molecule has 1 heterocycles. The van der Waals surface area contributed by atoms with Gasteiger partial charge in [-0.2, -0.15) is 0 Å². The van der Waals surface area contributed by atoms with Gasteiger partial charge in [0.1, 0.15) is 5.82 Å². The highest BCUT2D eigenvalue weighted by Gasteiger charge is 2.25. The van der Waals surface area contributed by atoms with E-state index in [1.54, 1.807) is 6.07 Å². The number of nitrogens with one attached hydrogen (secondary N) is 1. The molecule has 1 aliphatic heterocycles. The lowest BCUT2D eigenvalue weighted by molar-refractivity contribution is 0.0601. The number of hydrogen-bond acceptors (Lipinski definition) is 6. The molecule has 1 atom stereocenters. The Balaban J connectivity index is 2.01.